The van der Waals surface area contributed by atoms with E-state index in [4.69, 9.17) is 9.47 Å². The Kier molecular flexibility index (Phi) is 15.0. The first kappa shape index (κ1) is 50.1. The molecule has 0 spiro atoms. The van der Waals surface area contributed by atoms with Crippen LogP contribution in [0.2, 0.25) is 0 Å². The number of carbonyl (C=O) groups is 3. The molecule has 1 aromatic heterocycles. The highest BCUT2D eigenvalue weighted by molar-refractivity contribution is 7.93. The summed E-state index contributed by atoms with van der Waals surface area (Å²) in [7, 11) is -3.95. The molecule has 15 nitrogen and oxygen atoms in total. The number of ether oxygens (including phenoxy) is 2. The summed E-state index contributed by atoms with van der Waals surface area (Å²) in [6.07, 6.45) is -0.657. The second-order valence-corrected chi connectivity index (χ2v) is 22.1. The van der Waals surface area contributed by atoms with E-state index in [0.717, 1.165) is 44.0 Å². The number of anilines is 1. The molecule has 0 saturated carbocycles. The fraction of sp³-hybridized carbons (Fsp3) is 0.396. The molecule has 6 atom stereocenters. The lowest BCUT2D eigenvalue weighted by Crippen LogP contribution is -2.57. The molecule has 0 aliphatic carbocycles. The highest BCUT2D eigenvalue weighted by Gasteiger charge is 2.54. The summed E-state index contributed by atoms with van der Waals surface area (Å²) in [5.41, 5.74) is 7.65. The number of β-amino-alcohol motifs (C(OH)–C–C–N with tert-alkyl or cyclic N) is 1. The summed E-state index contributed by atoms with van der Waals surface area (Å²) < 4.78 is 42.8. The number of amides is 3. The van der Waals surface area contributed by atoms with Gasteiger partial charge in [0.15, 0.2) is 0 Å². The molecule has 8 rings (SSSR count). The summed E-state index contributed by atoms with van der Waals surface area (Å²) in [4.78, 5) is 47.7. The Balaban J connectivity index is 0.825. The number of likely N-dealkylation sites (tertiary alicyclic amines) is 1. The molecule has 3 aliphatic rings. The van der Waals surface area contributed by atoms with Crippen LogP contribution >= 0.6 is 11.3 Å². The van der Waals surface area contributed by atoms with Gasteiger partial charge < -0.3 is 40.3 Å². The molecule has 17 heteroatoms. The van der Waals surface area contributed by atoms with Crippen LogP contribution < -0.4 is 19.7 Å². The molecule has 2 bridgehead atoms. The lowest BCUT2D eigenvalue weighted by atomic mass is 9.83. The van der Waals surface area contributed by atoms with Gasteiger partial charge in [-0.1, -0.05) is 69.3 Å². The van der Waals surface area contributed by atoms with Crippen LogP contribution in [-0.2, 0) is 35.7 Å². The monoisotopic (exact) mass is 991 g/mol. The van der Waals surface area contributed by atoms with Crippen LogP contribution in [-0.4, -0.2) is 107 Å². The number of thiazole rings is 1. The molecular formula is C53H61N5O10S2. The lowest BCUT2D eigenvalue weighted by Gasteiger charge is -2.35. The Bertz CT molecular complexity index is 2810. The quantitative estimate of drug-likeness (QED) is 0.0555. The molecule has 5 N–H and O–H groups in total. The van der Waals surface area contributed by atoms with Gasteiger partial charge in [-0.25, -0.2) is 13.4 Å². The average Bonchev–Trinajstić information content (AvgIpc) is 4.15. The maximum absolute atomic E-state index is 14.5. The number of phenols is 2. The van der Waals surface area contributed by atoms with E-state index in [1.165, 1.54) is 9.21 Å². The fourth-order valence-electron chi connectivity index (χ4n) is 9.61. The fourth-order valence-corrected chi connectivity index (χ4v) is 12.5. The van der Waals surface area contributed by atoms with Crippen molar-refractivity contribution in [3.8, 4) is 27.7 Å². The molecule has 1 unspecified atom stereocenters. The number of aliphatic hydroxyl groups excluding tert-OH is 1. The van der Waals surface area contributed by atoms with E-state index < -0.39 is 57.0 Å². The van der Waals surface area contributed by atoms with Crippen molar-refractivity contribution in [2.75, 3.05) is 24.0 Å². The Morgan fingerprint density at radius 3 is 2.11 bits per heavy atom. The van der Waals surface area contributed by atoms with Crippen LogP contribution in [0, 0.1) is 12.3 Å². The Morgan fingerprint density at radius 2 is 1.51 bits per heavy atom. The number of unbranched alkanes of at least 4 members (excludes halogenated alkanes) is 1. The van der Waals surface area contributed by atoms with Crippen molar-refractivity contribution < 1.29 is 47.6 Å². The second-order valence-electron chi connectivity index (χ2n) is 19.2. The molecular weight excluding hydrogens is 931 g/mol. The zero-order valence-electron chi connectivity index (χ0n) is 40.0. The van der Waals surface area contributed by atoms with Crippen LogP contribution in [0.15, 0.2) is 103 Å². The third kappa shape index (κ3) is 10.9. The second kappa shape index (κ2) is 21.0. The summed E-state index contributed by atoms with van der Waals surface area (Å²) in [6, 6.07) is 26.3. The van der Waals surface area contributed by atoms with Crippen molar-refractivity contribution in [1.29, 1.82) is 0 Å². The first-order valence-electron chi connectivity index (χ1n) is 23.7. The third-order valence-electron chi connectivity index (χ3n) is 13.2. The van der Waals surface area contributed by atoms with Gasteiger partial charge in [-0.15, -0.1) is 11.3 Å². The van der Waals surface area contributed by atoms with Gasteiger partial charge in [0.25, 0.3) is 0 Å². The van der Waals surface area contributed by atoms with Crippen LogP contribution in [0.5, 0.6) is 17.2 Å². The van der Waals surface area contributed by atoms with Crippen LogP contribution in [0.3, 0.4) is 0 Å². The number of phenolic OH excluding ortho intramolecular Hbond substituents is 2. The molecule has 70 heavy (non-hydrogen) atoms. The van der Waals surface area contributed by atoms with Gasteiger partial charge in [0.1, 0.15) is 40.7 Å². The zero-order chi connectivity index (χ0) is 49.9. The smallest absolute Gasteiger partial charge is 0.246 e. The van der Waals surface area contributed by atoms with Crippen molar-refractivity contribution in [2.45, 2.75) is 109 Å². The van der Waals surface area contributed by atoms with Gasteiger partial charge in [-0.2, -0.15) is 0 Å². The molecule has 3 aliphatic heterocycles. The third-order valence-corrected chi connectivity index (χ3v) is 16.5. The highest BCUT2D eigenvalue weighted by atomic mass is 32.2. The number of fused-ring (bicyclic) bond motifs is 2. The molecule has 370 valence electrons. The van der Waals surface area contributed by atoms with Gasteiger partial charge in [0.05, 0.1) is 40.6 Å². The zero-order valence-corrected chi connectivity index (χ0v) is 41.6. The van der Waals surface area contributed by atoms with E-state index in [1.807, 2.05) is 57.5 Å². The Hall–Kier alpha value is -6.27. The minimum atomic E-state index is -3.95. The molecule has 5 aromatic rings. The minimum Gasteiger partial charge on any atom is -0.508 e. The van der Waals surface area contributed by atoms with E-state index in [-0.39, 0.29) is 62.2 Å². The standard InChI is InChI=1S/C53H61N5O10S2/c1-6-58(70(65,66)44-28-43-46(34-14-20-38(59)21-15-34)47(48(44)68-43)35-16-22-39(60)23-17-35)37-18-24-41(25-19-37)67-26-8-7-9-45(62)56-50(53(3,4)5)52(64)57-30-40(61)27-42(57)51(63)54-29-33-10-12-36(13-11-33)49-32(2)55-31-69-49/h10-25,31,40,42-44,48,50,59-61H,6-9,26-30H2,1-5H3,(H,54,63)(H,56,62)/t40-,42+,43-,44?,48+,50-/m1/s1. The summed E-state index contributed by atoms with van der Waals surface area (Å²) >= 11 is 1.57. The number of hydrogen-bond acceptors (Lipinski definition) is 12. The molecule has 2 saturated heterocycles. The van der Waals surface area contributed by atoms with Crippen molar-refractivity contribution in [3.05, 3.63) is 125 Å². The summed E-state index contributed by atoms with van der Waals surface area (Å²) in [5, 5.41) is 35.6. The number of rotatable bonds is 18. The van der Waals surface area contributed by atoms with Crippen molar-refractivity contribution in [3.63, 3.8) is 0 Å². The highest BCUT2D eigenvalue weighted by Crippen LogP contribution is 2.51. The van der Waals surface area contributed by atoms with Crippen LogP contribution in [0.25, 0.3) is 21.6 Å². The first-order valence-corrected chi connectivity index (χ1v) is 26.1. The normalized spacial score (nSPS) is 20.4. The minimum absolute atomic E-state index is 0.0203. The number of benzene rings is 4. The van der Waals surface area contributed by atoms with Gasteiger partial charge >= 0.3 is 0 Å². The van der Waals surface area contributed by atoms with E-state index in [0.29, 0.717) is 30.9 Å². The number of aromatic hydroxyl groups is 2. The SMILES string of the molecule is CCN(c1ccc(OCCCCC(=O)N[C@H](C(=O)N2C[C@H](O)C[C@H]2C(=O)NCc2ccc(-c3scnc3C)cc2)C(C)(C)C)cc1)S(=O)(=O)C1C[C@H]2O[C@@H]1C(c1ccc(O)cc1)=C2c1ccc(O)cc1. The maximum Gasteiger partial charge on any atom is 0.246 e. The van der Waals surface area contributed by atoms with Crippen molar-refractivity contribution in [1.82, 2.24) is 20.5 Å². The lowest BCUT2D eigenvalue weighted by molar-refractivity contribution is -0.144. The molecule has 2 fully saturated rings. The summed E-state index contributed by atoms with van der Waals surface area (Å²) in [5.74, 6) is -0.380. The Morgan fingerprint density at radius 1 is 0.886 bits per heavy atom. The van der Waals surface area contributed by atoms with E-state index >= 15 is 0 Å². The van der Waals surface area contributed by atoms with E-state index in [9.17, 15) is 38.1 Å². The van der Waals surface area contributed by atoms with Gasteiger partial charge in [0, 0.05) is 32.5 Å². The number of nitrogens with zero attached hydrogens (tertiary/aromatic N) is 3. The van der Waals surface area contributed by atoms with E-state index in [1.54, 1.807) is 91.1 Å². The number of aromatic nitrogens is 1. The van der Waals surface area contributed by atoms with Gasteiger partial charge in [-0.05, 0) is 120 Å². The predicted molar refractivity (Wildman–Crippen MR) is 269 cm³/mol. The number of nitrogens with one attached hydrogen (secondary N) is 2. The molecule has 4 heterocycles. The molecule has 0 radical (unpaired) electrons. The van der Waals surface area contributed by atoms with Crippen LogP contribution in [0.4, 0.5) is 5.69 Å². The predicted octanol–water partition coefficient (Wildman–Crippen LogP) is 7.19. The van der Waals surface area contributed by atoms with E-state index in [2.05, 4.69) is 15.6 Å². The number of carbonyl (C=O) groups excluding carboxylic acids is 3. The number of aryl methyl sites for hydroxylation is 1. The van der Waals surface area contributed by atoms with Crippen molar-refractivity contribution in [2.24, 2.45) is 5.41 Å². The molecule has 4 aromatic carbocycles. The van der Waals surface area contributed by atoms with Crippen molar-refractivity contribution >= 4 is 55.9 Å². The maximum atomic E-state index is 14.5. The van der Waals surface area contributed by atoms with Gasteiger partial charge in [-0.3, -0.25) is 18.7 Å². The van der Waals surface area contributed by atoms with Crippen LogP contribution in [0.1, 0.15) is 82.2 Å². The average molecular weight is 992 g/mol. The van der Waals surface area contributed by atoms with Gasteiger partial charge in [0.2, 0.25) is 27.7 Å². The first-order chi connectivity index (χ1) is 33.4. The number of aliphatic hydroxyl groups is 1. The molecule has 3 amide bonds. The number of hydrogen-bond donors (Lipinski definition) is 5. The summed E-state index contributed by atoms with van der Waals surface area (Å²) in [6.45, 7) is 9.99. The largest absolute Gasteiger partial charge is 0.508 e. The number of sulfonamides is 1. The topological polar surface area (TPSA) is 208 Å². The Labute approximate surface area is 413 Å².